The monoisotopic (exact) mass is 294 g/mol. The van der Waals surface area contributed by atoms with Gasteiger partial charge in [0.2, 0.25) is 0 Å². The molecule has 1 aromatic heterocycles. The molecule has 114 valence electrons. The molecule has 1 N–H and O–H groups in total. The minimum Gasteiger partial charge on any atom is -0.493 e. The van der Waals surface area contributed by atoms with Gasteiger partial charge in [0, 0.05) is 17.7 Å². The Balaban J connectivity index is 1.43. The Morgan fingerprint density at radius 2 is 2.18 bits per heavy atom. The van der Waals surface area contributed by atoms with E-state index in [1.807, 2.05) is 24.4 Å². The molecule has 2 heterocycles. The average Bonchev–Trinajstić information content (AvgIpc) is 3.28. The number of pyridine rings is 1. The molecule has 1 aromatic carbocycles. The second kappa shape index (κ2) is 5.73. The summed E-state index contributed by atoms with van der Waals surface area (Å²) in [6.45, 7) is 5.33. The molecule has 1 aliphatic carbocycles. The highest BCUT2D eigenvalue weighted by molar-refractivity contribution is 5.61. The van der Waals surface area contributed by atoms with Crippen LogP contribution in [-0.2, 0) is 0 Å². The summed E-state index contributed by atoms with van der Waals surface area (Å²) in [4.78, 5) is 4.41. The van der Waals surface area contributed by atoms with Crippen LogP contribution < -0.4 is 10.1 Å². The Morgan fingerprint density at radius 3 is 2.91 bits per heavy atom. The molecule has 4 rings (SSSR count). The number of ether oxygens (including phenoxy) is 1. The van der Waals surface area contributed by atoms with Crippen LogP contribution in [0.2, 0.25) is 0 Å². The number of piperidine rings is 1. The summed E-state index contributed by atoms with van der Waals surface area (Å²) in [6, 6.07) is 12.4. The van der Waals surface area contributed by atoms with Crippen molar-refractivity contribution in [1.82, 2.24) is 10.3 Å². The number of aromatic nitrogens is 1. The second-order valence-electron chi connectivity index (χ2n) is 6.49. The first-order valence-electron chi connectivity index (χ1n) is 8.18. The number of aryl methyl sites for hydroxylation is 1. The lowest BCUT2D eigenvalue weighted by atomic mass is 10.1. The summed E-state index contributed by atoms with van der Waals surface area (Å²) in [5.41, 5.74) is 3.34. The van der Waals surface area contributed by atoms with E-state index in [2.05, 4.69) is 35.4 Å². The number of rotatable bonds is 4. The van der Waals surface area contributed by atoms with E-state index in [1.54, 1.807) is 0 Å². The molecule has 1 saturated carbocycles. The van der Waals surface area contributed by atoms with Gasteiger partial charge in [-0.2, -0.15) is 0 Å². The van der Waals surface area contributed by atoms with E-state index >= 15 is 0 Å². The van der Waals surface area contributed by atoms with E-state index in [0.29, 0.717) is 0 Å². The number of benzene rings is 1. The van der Waals surface area contributed by atoms with E-state index in [-0.39, 0.29) is 0 Å². The number of nitrogens with one attached hydrogen (secondary N) is 1. The fraction of sp³-hybridized carbons (Fsp3) is 0.421. The largest absolute Gasteiger partial charge is 0.493 e. The van der Waals surface area contributed by atoms with Crippen LogP contribution in [-0.4, -0.2) is 24.7 Å². The van der Waals surface area contributed by atoms with Gasteiger partial charge in [-0.15, -0.1) is 0 Å². The van der Waals surface area contributed by atoms with Crippen LogP contribution in [0.3, 0.4) is 0 Å². The first-order valence-corrected chi connectivity index (χ1v) is 8.18. The number of hydrogen-bond donors (Lipinski definition) is 1. The van der Waals surface area contributed by atoms with E-state index < -0.39 is 0 Å². The maximum absolute atomic E-state index is 6.10. The average molecular weight is 294 g/mol. The molecule has 2 aromatic rings. The van der Waals surface area contributed by atoms with Crippen molar-refractivity contribution in [1.29, 1.82) is 0 Å². The zero-order chi connectivity index (χ0) is 14.9. The summed E-state index contributed by atoms with van der Waals surface area (Å²) in [5, 5.41) is 3.48. The predicted molar refractivity (Wildman–Crippen MR) is 87.9 cm³/mol. The highest BCUT2D eigenvalue weighted by atomic mass is 16.5. The summed E-state index contributed by atoms with van der Waals surface area (Å²) in [7, 11) is 0. The summed E-state index contributed by atoms with van der Waals surface area (Å²) in [5.74, 6) is 3.51. The number of hydrogen-bond acceptors (Lipinski definition) is 3. The Morgan fingerprint density at radius 1 is 1.23 bits per heavy atom. The molecule has 0 amide bonds. The lowest BCUT2D eigenvalue weighted by Gasteiger charge is -2.10. The third kappa shape index (κ3) is 2.61. The molecule has 2 aliphatic rings. The first kappa shape index (κ1) is 13.8. The van der Waals surface area contributed by atoms with Gasteiger partial charge in [0.1, 0.15) is 5.75 Å². The maximum atomic E-state index is 6.10. The Labute approximate surface area is 131 Å². The molecule has 22 heavy (non-hydrogen) atoms. The Kier molecular flexibility index (Phi) is 3.59. The maximum Gasteiger partial charge on any atom is 0.122 e. The number of fused-ring (bicyclic) bond motifs is 1. The van der Waals surface area contributed by atoms with Crippen molar-refractivity contribution in [2.45, 2.75) is 13.3 Å². The van der Waals surface area contributed by atoms with Gasteiger partial charge in [-0.1, -0.05) is 6.07 Å². The van der Waals surface area contributed by atoms with Crippen molar-refractivity contribution in [2.24, 2.45) is 17.8 Å². The predicted octanol–water partition coefficient (Wildman–Crippen LogP) is 3.29. The molecule has 3 nitrogen and oxygen atoms in total. The SMILES string of the molecule is Cc1cc(-c2ccccn2)ccc1OCC1C2CCNCC21. The third-order valence-corrected chi connectivity index (χ3v) is 5.11. The lowest BCUT2D eigenvalue weighted by Crippen LogP contribution is -2.23. The van der Waals surface area contributed by atoms with Crippen molar-refractivity contribution >= 4 is 0 Å². The molecule has 2 fully saturated rings. The molecule has 3 atom stereocenters. The summed E-state index contributed by atoms with van der Waals surface area (Å²) in [6.07, 6.45) is 3.15. The molecular formula is C19H22N2O. The molecular weight excluding hydrogens is 272 g/mol. The van der Waals surface area contributed by atoms with Gasteiger partial charge < -0.3 is 10.1 Å². The van der Waals surface area contributed by atoms with Gasteiger partial charge in [0.15, 0.2) is 0 Å². The normalized spacial score (nSPS) is 26.3. The Bertz CT molecular complexity index is 644. The molecule has 0 spiro atoms. The molecule has 3 heteroatoms. The highest BCUT2D eigenvalue weighted by Crippen LogP contribution is 2.49. The molecule has 0 radical (unpaired) electrons. The summed E-state index contributed by atoms with van der Waals surface area (Å²) < 4.78 is 6.10. The van der Waals surface area contributed by atoms with Gasteiger partial charge in [-0.05, 0) is 74.2 Å². The van der Waals surface area contributed by atoms with Gasteiger partial charge in [-0.3, -0.25) is 4.98 Å². The van der Waals surface area contributed by atoms with Crippen molar-refractivity contribution in [3.05, 3.63) is 48.2 Å². The minimum atomic E-state index is 0.755. The van der Waals surface area contributed by atoms with E-state index in [9.17, 15) is 0 Å². The quantitative estimate of drug-likeness (QED) is 0.939. The van der Waals surface area contributed by atoms with Crippen molar-refractivity contribution in [3.8, 4) is 17.0 Å². The molecule has 1 aliphatic heterocycles. The van der Waals surface area contributed by atoms with E-state index in [1.165, 1.54) is 25.1 Å². The van der Waals surface area contributed by atoms with Crippen LogP contribution in [0, 0.1) is 24.7 Å². The topological polar surface area (TPSA) is 34.1 Å². The van der Waals surface area contributed by atoms with Gasteiger partial charge in [-0.25, -0.2) is 0 Å². The van der Waals surface area contributed by atoms with Crippen LogP contribution in [0.25, 0.3) is 11.3 Å². The fourth-order valence-electron chi connectivity index (χ4n) is 3.73. The van der Waals surface area contributed by atoms with Crippen LogP contribution in [0.5, 0.6) is 5.75 Å². The van der Waals surface area contributed by atoms with Crippen LogP contribution in [0.4, 0.5) is 0 Å². The molecule has 3 unspecified atom stereocenters. The number of nitrogens with zero attached hydrogens (tertiary/aromatic N) is 1. The first-order chi connectivity index (χ1) is 10.8. The van der Waals surface area contributed by atoms with Gasteiger partial charge in [0.25, 0.3) is 0 Å². The van der Waals surface area contributed by atoms with Crippen LogP contribution in [0.15, 0.2) is 42.6 Å². The van der Waals surface area contributed by atoms with Crippen molar-refractivity contribution < 1.29 is 4.74 Å². The third-order valence-electron chi connectivity index (χ3n) is 5.11. The lowest BCUT2D eigenvalue weighted by molar-refractivity contribution is 0.285. The minimum absolute atomic E-state index is 0.755. The van der Waals surface area contributed by atoms with Crippen molar-refractivity contribution in [2.75, 3.05) is 19.7 Å². The van der Waals surface area contributed by atoms with Crippen LogP contribution in [0.1, 0.15) is 12.0 Å². The highest BCUT2D eigenvalue weighted by Gasteiger charge is 2.50. The zero-order valence-corrected chi connectivity index (χ0v) is 13.0. The van der Waals surface area contributed by atoms with Gasteiger partial charge in [0.05, 0.1) is 12.3 Å². The van der Waals surface area contributed by atoms with E-state index in [4.69, 9.17) is 4.74 Å². The second-order valence-corrected chi connectivity index (χ2v) is 6.49. The Hall–Kier alpha value is -1.87. The van der Waals surface area contributed by atoms with E-state index in [0.717, 1.165) is 41.4 Å². The fourth-order valence-corrected chi connectivity index (χ4v) is 3.73. The summed E-state index contributed by atoms with van der Waals surface area (Å²) >= 11 is 0. The zero-order valence-electron chi connectivity index (χ0n) is 13.0. The smallest absolute Gasteiger partial charge is 0.122 e. The van der Waals surface area contributed by atoms with Crippen LogP contribution >= 0.6 is 0 Å². The standard InChI is InChI=1S/C19H22N2O/c1-13-10-14(18-4-2-3-8-21-18)5-6-19(13)22-12-17-15-7-9-20-11-16(15)17/h2-6,8,10,15-17,20H,7,9,11-12H2,1H3. The van der Waals surface area contributed by atoms with Gasteiger partial charge >= 0.3 is 0 Å². The molecule has 1 saturated heterocycles. The molecule has 0 bridgehead atoms. The van der Waals surface area contributed by atoms with Crippen molar-refractivity contribution in [3.63, 3.8) is 0 Å².